The minimum atomic E-state index is -0.567. The van der Waals surface area contributed by atoms with Gasteiger partial charge < -0.3 is 9.47 Å². The fraction of sp³-hybridized carbons (Fsp3) is 0.286. The molecule has 1 rings (SSSR count). The number of benzene rings is 1. The van der Waals surface area contributed by atoms with Crippen LogP contribution in [-0.2, 0) is 14.3 Å². The molecule has 0 amide bonds. The lowest BCUT2D eigenvalue weighted by Crippen LogP contribution is -2.09. The molecule has 1 aromatic carbocycles. The van der Waals surface area contributed by atoms with E-state index in [2.05, 4.69) is 0 Å². The Balaban J connectivity index is 2.52. The maximum absolute atomic E-state index is 11.1. The van der Waals surface area contributed by atoms with E-state index in [-0.39, 0.29) is 18.8 Å². The van der Waals surface area contributed by atoms with E-state index in [1.165, 1.54) is 6.92 Å². The molecule has 0 aromatic heterocycles. The maximum atomic E-state index is 11.1. The number of carbonyl (C=O) groups excluding carboxylic acids is 2. The quantitative estimate of drug-likeness (QED) is 0.455. The van der Waals surface area contributed by atoms with Gasteiger partial charge in [0.15, 0.2) is 0 Å². The second-order valence-corrected chi connectivity index (χ2v) is 4.82. The number of hydrogen-bond acceptors (Lipinski definition) is 4. The highest BCUT2D eigenvalue weighted by atomic mass is 35.5. The summed E-state index contributed by atoms with van der Waals surface area (Å²) in [5, 5.41) is 0.709. The molecule has 0 N–H and O–H groups in total. The Hall–Kier alpha value is -1.52. The molecule has 0 aliphatic carbocycles. The van der Waals surface area contributed by atoms with Crippen LogP contribution in [0.1, 0.15) is 20.3 Å². The molecule has 0 unspecified atom stereocenters. The van der Waals surface area contributed by atoms with Gasteiger partial charge in [0.05, 0.1) is 5.02 Å². The molecular weight excluding hydrogens is 303 g/mol. The van der Waals surface area contributed by atoms with Crippen LogP contribution in [0.3, 0.4) is 0 Å². The summed E-state index contributed by atoms with van der Waals surface area (Å²) in [6.07, 6.45) is 1.34. The van der Waals surface area contributed by atoms with Gasteiger partial charge in [0.2, 0.25) is 0 Å². The van der Waals surface area contributed by atoms with Crippen molar-refractivity contribution in [1.82, 2.24) is 0 Å². The highest BCUT2D eigenvalue weighted by molar-refractivity contribution is 6.42. The van der Waals surface area contributed by atoms with Crippen molar-refractivity contribution in [2.75, 3.05) is 6.61 Å². The average Bonchev–Trinajstić information content (AvgIpc) is 2.34. The maximum Gasteiger partial charge on any atom is 0.313 e. The molecule has 6 heteroatoms. The molecule has 0 saturated carbocycles. The Kier molecular flexibility index (Phi) is 6.55. The number of ether oxygens (including phenoxy) is 2. The van der Waals surface area contributed by atoms with Gasteiger partial charge in [-0.05, 0) is 32.1 Å². The lowest BCUT2D eigenvalue weighted by molar-refractivity contribution is -0.144. The van der Waals surface area contributed by atoms with E-state index in [4.69, 9.17) is 32.7 Å². The minimum Gasteiger partial charge on any atom is -0.461 e. The molecule has 0 aliphatic heterocycles. The third-order valence-corrected chi connectivity index (χ3v) is 3.00. The first-order valence-electron chi connectivity index (χ1n) is 5.84. The lowest BCUT2D eigenvalue weighted by Gasteiger charge is -2.08. The first-order chi connectivity index (χ1) is 9.40. The number of esters is 1. The summed E-state index contributed by atoms with van der Waals surface area (Å²) in [7, 11) is 0. The molecule has 4 nitrogen and oxygen atoms in total. The highest BCUT2D eigenvalue weighted by Gasteiger charge is 2.07. The summed E-state index contributed by atoms with van der Waals surface area (Å²) in [6.45, 7) is 3.04. The van der Waals surface area contributed by atoms with Crippen LogP contribution in [-0.4, -0.2) is 18.4 Å². The SMILES string of the molecule is CC(=O)CC(=O)OC/C=C(\C)Oc1cccc(Cl)c1Cl. The van der Waals surface area contributed by atoms with Crippen LogP contribution in [0, 0.1) is 0 Å². The highest BCUT2D eigenvalue weighted by Crippen LogP contribution is 2.32. The molecule has 0 bridgehead atoms. The minimum absolute atomic E-state index is 0.0239. The van der Waals surface area contributed by atoms with E-state index < -0.39 is 5.97 Å². The summed E-state index contributed by atoms with van der Waals surface area (Å²) in [5.41, 5.74) is 0. The summed E-state index contributed by atoms with van der Waals surface area (Å²) >= 11 is 11.8. The molecule has 0 saturated heterocycles. The van der Waals surface area contributed by atoms with Crippen molar-refractivity contribution in [2.45, 2.75) is 20.3 Å². The van der Waals surface area contributed by atoms with E-state index in [0.29, 0.717) is 21.6 Å². The normalized spacial score (nSPS) is 11.1. The number of halogens is 2. The smallest absolute Gasteiger partial charge is 0.313 e. The third kappa shape index (κ3) is 5.63. The Morgan fingerprint density at radius 1 is 1.25 bits per heavy atom. The number of allylic oxidation sites excluding steroid dienone is 1. The van der Waals surface area contributed by atoms with Crippen molar-refractivity contribution < 1.29 is 19.1 Å². The van der Waals surface area contributed by atoms with Crippen molar-refractivity contribution >= 4 is 35.0 Å². The van der Waals surface area contributed by atoms with Gasteiger partial charge in [-0.3, -0.25) is 9.59 Å². The first kappa shape index (κ1) is 16.5. The predicted molar refractivity (Wildman–Crippen MR) is 77.1 cm³/mol. The van der Waals surface area contributed by atoms with E-state index >= 15 is 0 Å². The van der Waals surface area contributed by atoms with Crippen molar-refractivity contribution in [3.05, 3.63) is 40.1 Å². The molecule has 0 spiro atoms. The number of Topliss-reactive ketones (excluding diaryl/α,β-unsaturated/α-hetero) is 1. The fourth-order valence-electron chi connectivity index (χ4n) is 1.28. The fourth-order valence-corrected chi connectivity index (χ4v) is 1.61. The Morgan fingerprint density at radius 2 is 1.95 bits per heavy atom. The Bertz CT molecular complexity index is 538. The molecule has 0 aliphatic rings. The van der Waals surface area contributed by atoms with Gasteiger partial charge >= 0.3 is 5.97 Å². The van der Waals surface area contributed by atoms with Crippen LogP contribution in [0.2, 0.25) is 10.0 Å². The van der Waals surface area contributed by atoms with Crippen LogP contribution in [0.4, 0.5) is 0 Å². The van der Waals surface area contributed by atoms with Crippen molar-refractivity contribution in [3.8, 4) is 5.75 Å². The van der Waals surface area contributed by atoms with Crippen LogP contribution in [0.5, 0.6) is 5.75 Å². The van der Waals surface area contributed by atoms with Gasteiger partial charge in [-0.15, -0.1) is 0 Å². The molecule has 0 radical (unpaired) electrons. The van der Waals surface area contributed by atoms with Crippen molar-refractivity contribution in [2.24, 2.45) is 0 Å². The second kappa shape index (κ2) is 7.92. The van der Waals surface area contributed by atoms with Crippen molar-refractivity contribution in [1.29, 1.82) is 0 Å². The van der Waals surface area contributed by atoms with Gasteiger partial charge in [0, 0.05) is 0 Å². The Labute approximate surface area is 127 Å². The number of rotatable bonds is 6. The zero-order valence-electron chi connectivity index (χ0n) is 11.1. The summed E-state index contributed by atoms with van der Waals surface area (Å²) in [5.74, 6) is 0.118. The molecule has 1 aromatic rings. The van der Waals surface area contributed by atoms with E-state index in [0.717, 1.165) is 0 Å². The van der Waals surface area contributed by atoms with Crippen LogP contribution in [0.15, 0.2) is 30.0 Å². The number of hydrogen-bond donors (Lipinski definition) is 0. The molecule has 0 fully saturated rings. The monoisotopic (exact) mass is 316 g/mol. The topological polar surface area (TPSA) is 52.6 Å². The van der Waals surface area contributed by atoms with Gasteiger partial charge in [-0.1, -0.05) is 29.3 Å². The zero-order valence-corrected chi connectivity index (χ0v) is 12.6. The van der Waals surface area contributed by atoms with Crippen LogP contribution >= 0.6 is 23.2 Å². The van der Waals surface area contributed by atoms with Gasteiger partial charge in [0.25, 0.3) is 0 Å². The van der Waals surface area contributed by atoms with E-state index in [1.54, 1.807) is 31.2 Å². The standard InChI is InChI=1S/C14H14Cl2O4/c1-9(17)8-13(18)19-7-6-10(2)20-12-5-3-4-11(15)14(12)16/h3-6H,7-8H2,1-2H3/b10-6+. The lowest BCUT2D eigenvalue weighted by atomic mass is 10.3. The Morgan fingerprint density at radius 3 is 2.60 bits per heavy atom. The van der Waals surface area contributed by atoms with Crippen molar-refractivity contribution in [3.63, 3.8) is 0 Å². The van der Waals surface area contributed by atoms with Crippen LogP contribution < -0.4 is 4.74 Å². The van der Waals surface area contributed by atoms with Crippen LogP contribution in [0.25, 0.3) is 0 Å². The zero-order chi connectivity index (χ0) is 15.1. The summed E-state index contributed by atoms with van der Waals surface area (Å²) in [4.78, 5) is 21.8. The summed E-state index contributed by atoms with van der Waals surface area (Å²) < 4.78 is 10.3. The van der Waals surface area contributed by atoms with E-state index in [9.17, 15) is 9.59 Å². The number of ketones is 1. The van der Waals surface area contributed by atoms with Gasteiger partial charge in [0.1, 0.15) is 35.3 Å². The van der Waals surface area contributed by atoms with E-state index in [1.807, 2.05) is 0 Å². The molecule has 108 valence electrons. The average molecular weight is 317 g/mol. The first-order valence-corrected chi connectivity index (χ1v) is 6.59. The number of carbonyl (C=O) groups is 2. The molecule has 0 heterocycles. The largest absolute Gasteiger partial charge is 0.461 e. The van der Waals surface area contributed by atoms with Gasteiger partial charge in [-0.2, -0.15) is 0 Å². The summed E-state index contributed by atoms with van der Waals surface area (Å²) in [6, 6.07) is 5.04. The second-order valence-electron chi connectivity index (χ2n) is 4.03. The van der Waals surface area contributed by atoms with Gasteiger partial charge in [-0.25, -0.2) is 0 Å². The molecular formula is C14H14Cl2O4. The molecule has 20 heavy (non-hydrogen) atoms. The molecule has 0 atom stereocenters. The third-order valence-electron chi connectivity index (χ3n) is 2.20. The predicted octanol–water partition coefficient (Wildman–Crippen LogP) is 3.80.